The van der Waals surface area contributed by atoms with Crippen LogP contribution in [0.3, 0.4) is 0 Å². The summed E-state index contributed by atoms with van der Waals surface area (Å²) in [4.78, 5) is 0. The highest BCUT2D eigenvalue weighted by Gasteiger charge is 2.51. The molecule has 20 heavy (non-hydrogen) atoms. The lowest BCUT2D eigenvalue weighted by molar-refractivity contribution is -0.161. The van der Waals surface area contributed by atoms with Gasteiger partial charge in [-0.05, 0) is 80.4 Å². The van der Waals surface area contributed by atoms with Crippen LogP contribution in [0.2, 0.25) is 0 Å². The Labute approximate surface area is 121 Å². The minimum absolute atomic E-state index is 0.253. The van der Waals surface area contributed by atoms with Crippen LogP contribution in [-0.4, -0.2) is 12.2 Å². The fourth-order valence-corrected chi connectivity index (χ4v) is 5.28. The summed E-state index contributed by atoms with van der Waals surface area (Å²) in [6.07, 6.45) is 9.48. The van der Waals surface area contributed by atoms with Crippen LogP contribution in [0.15, 0.2) is 24.3 Å². The third kappa shape index (κ3) is 2.35. The van der Waals surface area contributed by atoms with Crippen molar-refractivity contribution in [1.82, 2.24) is 0 Å². The summed E-state index contributed by atoms with van der Waals surface area (Å²) in [5.41, 5.74) is 8.16. The monoisotopic (exact) mass is 271 g/mol. The third-order valence-electron chi connectivity index (χ3n) is 5.76. The van der Waals surface area contributed by atoms with Crippen LogP contribution < -0.4 is 5.73 Å². The molecule has 4 aliphatic rings. The molecular formula is C18H25NO. The molecule has 0 atom stereocenters. The van der Waals surface area contributed by atoms with Gasteiger partial charge in [0.2, 0.25) is 0 Å². The minimum Gasteiger partial charge on any atom is -0.399 e. The van der Waals surface area contributed by atoms with E-state index >= 15 is 0 Å². The highest BCUT2D eigenvalue weighted by Crippen LogP contribution is 2.57. The van der Waals surface area contributed by atoms with E-state index in [2.05, 4.69) is 12.1 Å². The van der Waals surface area contributed by atoms with E-state index in [0.717, 1.165) is 36.5 Å². The summed E-state index contributed by atoms with van der Waals surface area (Å²) in [7, 11) is 0. The van der Waals surface area contributed by atoms with Gasteiger partial charge in [0.05, 0.1) is 12.2 Å². The van der Waals surface area contributed by atoms with Crippen molar-refractivity contribution in [2.45, 2.75) is 50.5 Å². The first-order valence-corrected chi connectivity index (χ1v) is 8.19. The summed E-state index contributed by atoms with van der Waals surface area (Å²) >= 11 is 0. The van der Waals surface area contributed by atoms with Gasteiger partial charge in [0.1, 0.15) is 0 Å². The van der Waals surface area contributed by atoms with Gasteiger partial charge in [0.25, 0.3) is 0 Å². The Bertz CT molecular complexity index is 443. The Kier molecular flexibility index (Phi) is 3.03. The molecule has 4 fully saturated rings. The van der Waals surface area contributed by atoms with Gasteiger partial charge < -0.3 is 10.5 Å². The van der Waals surface area contributed by atoms with Gasteiger partial charge in [-0.1, -0.05) is 12.1 Å². The van der Waals surface area contributed by atoms with Gasteiger partial charge in [0, 0.05) is 5.69 Å². The maximum absolute atomic E-state index is 6.45. The smallest absolute Gasteiger partial charge is 0.0690 e. The topological polar surface area (TPSA) is 35.2 Å². The first-order valence-electron chi connectivity index (χ1n) is 8.19. The van der Waals surface area contributed by atoms with Crippen molar-refractivity contribution in [2.24, 2.45) is 17.8 Å². The molecule has 0 aromatic heterocycles. The van der Waals surface area contributed by atoms with Crippen LogP contribution in [0.4, 0.5) is 5.69 Å². The van der Waals surface area contributed by atoms with E-state index in [1.54, 1.807) is 0 Å². The van der Waals surface area contributed by atoms with E-state index in [9.17, 15) is 0 Å². The molecule has 4 saturated carbocycles. The van der Waals surface area contributed by atoms with E-state index < -0.39 is 0 Å². The molecule has 0 heterocycles. The maximum atomic E-state index is 6.45. The van der Waals surface area contributed by atoms with E-state index in [-0.39, 0.29) is 5.60 Å². The molecular weight excluding hydrogens is 246 g/mol. The lowest BCUT2D eigenvalue weighted by Gasteiger charge is -2.56. The fraction of sp³-hybridized carbons (Fsp3) is 0.667. The van der Waals surface area contributed by atoms with Crippen LogP contribution in [0.5, 0.6) is 0 Å². The van der Waals surface area contributed by atoms with Crippen molar-refractivity contribution in [1.29, 1.82) is 0 Å². The molecule has 4 aliphatic carbocycles. The minimum atomic E-state index is 0.253. The summed E-state index contributed by atoms with van der Waals surface area (Å²) in [6, 6.07) is 8.22. The first-order chi connectivity index (χ1) is 9.71. The van der Waals surface area contributed by atoms with Gasteiger partial charge >= 0.3 is 0 Å². The van der Waals surface area contributed by atoms with Gasteiger partial charge in [-0.2, -0.15) is 0 Å². The summed E-state index contributed by atoms with van der Waals surface area (Å²) < 4.78 is 6.45. The Hall–Kier alpha value is -1.02. The zero-order valence-corrected chi connectivity index (χ0v) is 12.2. The lowest BCUT2D eigenvalue weighted by atomic mass is 9.54. The van der Waals surface area contributed by atoms with Crippen molar-refractivity contribution in [3.8, 4) is 0 Å². The Morgan fingerprint density at radius 3 is 2.05 bits per heavy atom. The Morgan fingerprint density at radius 1 is 0.950 bits per heavy atom. The number of rotatable bonds is 4. The molecule has 1 aromatic carbocycles. The fourth-order valence-electron chi connectivity index (χ4n) is 5.28. The summed E-state index contributed by atoms with van der Waals surface area (Å²) in [6.45, 7) is 0.871. The van der Waals surface area contributed by atoms with Crippen LogP contribution in [0.1, 0.15) is 44.1 Å². The van der Waals surface area contributed by atoms with Gasteiger partial charge in [0.15, 0.2) is 0 Å². The van der Waals surface area contributed by atoms with Crippen LogP contribution in [0.25, 0.3) is 0 Å². The normalized spacial score (nSPS) is 38.3. The summed E-state index contributed by atoms with van der Waals surface area (Å²) in [5, 5.41) is 0. The second-order valence-electron chi connectivity index (χ2n) is 7.44. The zero-order valence-electron chi connectivity index (χ0n) is 12.2. The second kappa shape index (κ2) is 4.77. The third-order valence-corrected chi connectivity index (χ3v) is 5.76. The average Bonchev–Trinajstić information content (AvgIpc) is 2.39. The highest BCUT2D eigenvalue weighted by molar-refractivity contribution is 5.39. The molecule has 0 saturated heterocycles. The number of nitrogens with two attached hydrogens (primary N) is 1. The molecule has 0 amide bonds. The Balaban J connectivity index is 1.36. The van der Waals surface area contributed by atoms with Gasteiger partial charge in [-0.3, -0.25) is 0 Å². The SMILES string of the molecule is Nc1ccc(CCOC23CC4CC(CC(C4)C2)C3)cc1. The molecule has 0 unspecified atom stereocenters. The number of nitrogen functional groups attached to an aromatic ring is 1. The predicted molar refractivity (Wildman–Crippen MR) is 81.4 cm³/mol. The molecule has 4 bridgehead atoms. The number of ether oxygens (including phenoxy) is 1. The highest BCUT2D eigenvalue weighted by atomic mass is 16.5. The van der Waals surface area contributed by atoms with E-state index in [0.29, 0.717) is 0 Å². The molecule has 0 radical (unpaired) electrons. The molecule has 2 nitrogen and oxygen atoms in total. The molecule has 1 aromatic rings. The van der Waals surface area contributed by atoms with E-state index in [4.69, 9.17) is 10.5 Å². The number of hydrogen-bond acceptors (Lipinski definition) is 2. The van der Waals surface area contributed by atoms with Gasteiger partial charge in [-0.25, -0.2) is 0 Å². The van der Waals surface area contributed by atoms with E-state index in [1.807, 2.05) is 12.1 Å². The second-order valence-corrected chi connectivity index (χ2v) is 7.44. The largest absolute Gasteiger partial charge is 0.399 e. The van der Waals surface area contributed by atoms with Crippen molar-refractivity contribution in [3.63, 3.8) is 0 Å². The number of anilines is 1. The molecule has 108 valence electrons. The first kappa shape index (κ1) is 12.7. The standard InChI is InChI=1S/C18H25NO/c19-17-3-1-13(2-4-17)5-6-20-18-10-14-7-15(11-18)9-16(8-14)12-18/h1-4,14-16H,5-12,19H2. The van der Waals surface area contributed by atoms with Crippen molar-refractivity contribution >= 4 is 5.69 Å². The van der Waals surface area contributed by atoms with Crippen molar-refractivity contribution in [3.05, 3.63) is 29.8 Å². The van der Waals surface area contributed by atoms with Gasteiger partial charge in [-0.15, -0.1) is 0 Å². The molecule has 2 N–H and O–H groups in total. The Morgan fingerprint density at radius 2 is 1.50 bits per heavy atom. The molecule has 2 heteroatoms. The van der Waals surface area contributed by atoms with Crippen LogP contribution in [0, 0.1) is 17.8 Å². The predicted octanol–water partition coefficient (Wildman–Crippen LogP) is 3.80. The number of benzene rings is 1. The lowest BCUT2D eigenvalue weighted by Crippen LogP contribution is -2.52. The van der Waals surface area contributed by atoms with E-state index in [1.165, 1.54) is 44.1 Å². The summed E-state index contributed by atoms with van der Waals surface area (Å²) in [5.74, 6) is 2.91. The van der Waals surface area contributed by atoms with Crippen LogP contribution >= 0.6 is 0 Å². The average molecular weight is 271 g/mol. The number of hydrogen-bond donors (Lipinski definition) is 1. The van der Waals surface area contributed by atoms with Crippen molar-refractivity contribution < 1.29 is 4.74 Å². The molecule has 0 aliphatic heterocycles. The van der Waals surface area contributed by atoms with Crippen LogP contribution in [-0.2, 0) is 11.2 Å². The molecule has 0 spiro atoms. The maximum Gasteiger partial charge on any atom is 0.0690 e. The quantitative estimate of drug-likeness (QED) is 0.845. The zero-order chi connectivity index (χ0) is 13.6. The molecule has 5 rings (SSSR count). The van der Waals surface area contributed by atoms with Crippen molar-refractivity contribution in [2.75, 3.05) is 12.3 Å².